The number of carbonyl (C=O) groups excluding carboxylic acids is 2. The Hall–Kier alpha value is -2.21. The van der Waals surface area contributed by atoms with Gasteiger partial charge in [-0.1, -0.05) is 43.9 Å². The number of amides is 2. The molecule has 158 valence electrons. The van der Waals surface area contributed by atoms with Gasteiger partial charge in [0, 0.05) is 16.5 Å². The molecule has 2 aliphatic carbocycles. The lowest BCUT2D eigenvalue weighted by molar-refractivity contribution is -0.121. The number of aromatic nitrogens is 1. The molecule has 1 spiro atoms. The summed E-state index contributed by atoms with van der Waals surface area (Å²) >= 11 is 1.52. The van der Waals surface area contributed by atoms with Crippen LogP contribution in [-0.4, -0.2) is 33.3 Å². The van der Waals surface area contributed by atoms with Crippen molar-refractivity contribution in [3.8, 4) is 0 Å². The van der Waals surface area contributed by atoms with Gasteiger partial charge in [-0.3, -0.25) is 9.59 Å². The summed E-state index contributed by atoms with van der Waals surface area (Å²) in [6.07, 6.45) is 8.37. The fourth-order valence-corrected chi connectivity index (χ4v) is 6.82. The van der Waals surface area contributed by atoms with Crippen molar-refractivity contribution < 1.29 is 9.59 Å². The summed E-state index contributed by atoms with van der Waals surface area (Å²) < 4.78 is 0. The highest BCUT2D eigenvalue weighted by molar-refractivity contribution is 7.15. The second-order valence-electron chi connectivity index (χ2n) is 9.09. The Bertz CT molecular complexity index is 967. The fourth-order valence-electron chi connectivity index (χ4n) is 6.00. The highest BCUT2D eigenvalue weighted by atomic mass is 32.1. The summed E-state index contributed by atoms with van der Waals surface area (Å²) in [5, 5.41) is 3.78. The molecule has 30 heavy (non-hydrogen) atoms. The van der Waals surface area contributed by atoms with Crippen LogP contribution in [0.3, 0.4) is 0 Å². The zero-order chi connectivity index (χ0) is 20.9. The van der Waals surface area contributed by atoms with E-state index in [1.165, 1.54) is 24.2 Å². The molecule has 0 radical (unpaired) electrons. The molecule has 0 unspecified atom stereocenters. The fraction of sp³-hybridized carbons (Fsp3) is 0.542. The van der Waals surface area contributed by atoms with Gasteiger partial charge in [-0.25, -0.2) is 4.98 Å². The minimum Gasteiger partial charge on any atom is -0.329 e. The molecule has 6 heteroatoms. The summed E-state index contributed by atoms with van der Waals surface area (Å²) in [6, 6.07) is 8.02. The quantitative estimate of drug-likeness (QED) is 0.739. The third kappa shape index (κ3) is 2.99. The van der Waals surface area contributed by atoms with Gasteiger partial charge >= 0.3 is 0 Å². The first-order valence-electron chi connectivity index (χ1n) is 11.2. The van der Waals surface area contributed by atoms with Crippen molar-refractivity contribution in [1.82, 2.24) is 9.88 Å². The maximum Gasteiger partial charge on any atom is 0.254 e. The maximum atomic E-state index is 13.8. The van der Waals surface area contributed by atoms with E-state index in [1.807, 2.05) is 38.1 Å². The Labute approximate surface area is 181 Å². The van der Waals surface area contributed by atoms with Crippen LogP contribution in [0.1, 0.15) is 83.8 Å². The Morgan fingerprint density at radius 2 is 1.83 bits per heavy atom. The third-order valence-electron chi connectivity index (χ3n) is 7.42. The molecule has 1 aliphatic heterocycles. The molecule has 2 fully saturated rings. The number of nitrogens with zero attached hydrogens (tertiary/aromatic N) is 2. The Balaban J connectivity index is 1.61. The number of hydrogen-bond acceptors (Lipinski definition) is 4. The molecule has 2 amide bonds. The molecule has 5 rings (SSSR count). The lowest BCUT2D eigenvalue weighted by Gasteiger charge is -2.52. The minimum atomic E-state index is -0.411. The smallest absolute Gasteiger partial charge is 0.254 e. The predicted octanol–water partition coefficient (Wildman–Crippen LogP) is 5.19. The van der Waals surface area contributed by atoms with Crippen molar-refractivity contribution in [3.63, 3.8) is 0 Å². The average molecular weight is 424 g/mol. The molecule has 1 N–H and O–H groups in total. The van der Waals surface area contributed by atoms with E-state index in [-0.39, 0.29) is 23.8 Å². The normalized spacial score (nSPS) is 23.2. The summed E-state index contributed by atoms with van der Waals surface area (Å²) in [5.41, 5.74) is 2.14. The van der Waals surface area contributed by atoms with E-state index >= 15 is 0 Å². The molecule has 3 aliphatic rings. The molecule has 1 aromatic heterocycles. The highest BCUT2D eigenvalue weighted by Crippen LogP contribution is 2.52. The second kappa shape index (κ2) is 7.49. The van der Waals surface area contributed by atoms with Crippen LogP contribution in [0, 0.1) is 13.8 Å². The van der Waals surface area contributed by atoms with Gasteiger partial charge in [-0.05, 0) is 51.2 Å². The summed E-state index contributed by atoms with van der Waals surface area (Å²) in [5.74, 6) is -0.239. The van der Waals surface area contributed by atoms with Crippen molar-refractivity contribution >= 4 is 28.3 Å². The van der Waals surface area contributed by atoms with Gasteiger partial charge in [0.25, 0.3) is 5.91 Å². The molecular weight excluding hydrogens is 394 g/mol. The van der Waals surface area contributed by atoms with Crippen molar-refractivity contribution in [2.75, 3.05) is 5.32 Å². The Morgan fingerprint density at radius 1 is 1.13 bits per heavy atom. The number of rotatable bonds is 3. The molecule has 2 heterocycles. The van der Waals surface area contributed by atoms with Crippen LogP contribution in [0.4, 0.5) is 5.13 Å². The number of carbonyl (C=O) groups is 2. The van der Waals surface area contributed by atoms with Crippen LogP contribution in [0.2, 0.25) is 0 Å². The standard InChI is InChI=1S/C24H29N3O2S/c1-15-16(2)30-23(25-15)26-21(28)20-18-11-5-6-12-19(18)22(29)27(17-9-3-4-10-17)24(20)13-7-8-14-24/h5-6,11-12,17,20H,3-4,7-10,13-14H2,1-2H3,(H,25,26,28)/t20-/m0/s1. The van der Waals surface area contributed by atoms with Gasteiger partial charge in [0.15, 0.2) is 5.13 Å². The van der Waals surface area contributed by atoms with E-state index in [1.54, 1.807) is 0 Å². The summed E-state index contributed by atoms with van der Waals surface area (Å²) in [7, 11) is 0. The first-order valence-corrected chi connectivity index (χ1v) is 12.0. The van der Waals surface area contributed by atoms with Crippen LogP contribution >= 0.6 is 11.3 Å². The molecule has 5 nitrogen and oxygen atoms in total. The van der Waals surface area contributed by atoms with Crippen molar-refractivity contribution in [2.24, 2.45) is 0 Å². The zero-order valence-electron chi connectivity index (χ0n) is 17.7. The molecule has 1 atom stereocenters. The Morgan fingerprint density at radius 3 is 2.50 bits per heavy atom. The number of aryl methyl sites for hydroxylation is 2. The predicted molar refractivity (Wildman–Crippen MR) is 119 cm³/mol. The largest absolute Gasteiger partial charge is 0.329 e. The molecule has 2 aromatic rings. The van der Waals surface area contributed by atoms with Crippen LogP contribution in [0.25, 0.3) is 0 Å². The topological polar surface area (TPSA) is 62.3 Å². The van der Waals surface area contributed by atoms with Gasteiger partial charge in [0.1, 0.15) is 0 Å². The van der Waals surface area contributed by atoms with E-state index in [2.05, 4.69) is 15.2 Å². The van der Waals surface area contributed by atoms with Crippen molar-refractivity contribution in [1.29, 1.82) is 0 Å². The first kappa shape index (κ1) is 19.7. The molecule has 1 aromatic carbocycles. The maximum absolute atomic E-state index is 13.8. The number of benzene rings is 1. The van der Waals surface area contributed by atoms with E-state index in [9.17, 15) is 9.59 Å². The Kier molecular flexibility index (Phi) is 4.92. The molecular formula is C24H29N3O2S. The second-order valence-corrected chi connectivity index (χ2v) is 10.3. The van der Waals surface area contributed by atoms with E-state index < -0.39 is 5.54 Å². The van der Waals surface area contributed by atoms with Crippen LogP contribution in [-0.2, 0) is 4.79 Å². The molecule has 0 saturated heterocycles. The lowest BCUT2D eigenvalue weighted by atomic mass is 9.70. The van der Waals surface area contributed by atoms with Gasteiger partial charge in [0.2, 0.25) is 5.91 Å². The minimum absolute atomic E-state index is 0.0198. The number of thiazole rings is 1. The first-order chi connectivity index (χ1) is 14.5. The van der Waals surface area contributed by atoms with Gasteiger partial charge in [-0.15, -0.1) is 11.3 Å². The van der Waals surface area contributed by atoms with Crippen LogP contribution in [0.15, 0.2) is 24.3 Å². The number of hydrogen-bond donors (Lipinski definition) is 1. The highest BCUT2D eigenvalue weighted by Gasteiger charge is 2.57. The van der Waals surface area contributed by atoms with Gasteiger partial charge < -0.3 is 10.2 Å². The summed E-state index contributed by atoms with van der Waals surface area (Å²) in [6.45, 7) is 3.99. The number of anilines is 1. The van der Waals surface area contributed by atoms with Crippen LogP contribution < -0.4 is 5.32 Å². The molecule has 0 bridgehead atoms. The SMILES string of the molecule is Cc1nc(NC(=O)[C@@H]2c3ccccc3C(=O)N(C3CCCC3)C23CCCC3)sc1C. The van der Waals surface area contributed by atoms with Crippen molar-refractivity contribution in [2.45, 2.75) is 82.7 Å². The number of nitrogens with one attached hydrogen (secondary N) is 1. The average Bonchev–Trinajstić information content (AvgIpc) is 3.46. The lowest BCUT2D eigenvalue weighted by Crippen LogP contribution is -2.62. The van der Waals surface area contributed by atoms with E-state index in [0.29, 0.717) is 10.7 Å². The molecule has 2 saturated carbocycles. The van der Waals surface area contributed by atoms with Gasteiger partial charge in [-0.2, -0.15) is 0 Å². The van der Waals surface area contributed by atoms with E-state index in [4.69, 9.17) is 0 Å². The van der Waals surface area contributed by atoms with Gasteiger partial charge in [0.05, 0.1) is 17.2 Å². The number of fused-ring (bicyclic) bond motifs is 1. The van der Waals surface area contributed by atoms with Crippen LogP contribution in [0.5, 0.6) is 0 Å². The summed E-state index contributed by atoms with van der Waals surface area (Å²) in [4.78, 5) is 35.3. The van der Waals surface area contributed by atoms with E-state index in [0.717, 1.165) is 54.7 Å². The third-order valence-corrected chi connectivity index (χ3v) is 8.41. The monoisotopic (exact) mass is 423 g/mol. The van der Waals surface area contributed by atoms with Crippen molar-refractivity contribution in [3.05, 3.63) is 46.0 Å². The zero-order valence-corrected chi connectivity index (χ0v) is 18.6.